The molecule has 0 saturated heterocycles. The SMILES string of the molecule is CC(=O)c1c(-c2ccc(C)cc2)cc(C)nc1C. The van der Waals surface area contributed by atoms with E-state index in [0.29, 0.717) is 0 Å². The molecule has 0 spiro atoms. The normalized spacial score (nSPS) is 10.4. The van der Waals surface area contributed by atoms with Gasteiger partial charge < -0.3 is 0 Å². The highest BCUT2D eigenvalue weighted by Gasteiger charge is 2.13. The molecule has 2 rings (SSSR count). The second kappa shape index (κ2) is 4.73. The number of aromatic nitrogens is 1. The molecular weight excluding hydrogens is 222 g/mol. The van der Waals surface area contributed by atoms with Crippen molar-refractivity contribution in [3.63, 3.8) is 0 Å². The quantitative estimate of drug-likeness (QED) is 0.744. The van der Waals surface area contributed by atoms with Crippen LogP contribution in [0.3, 0.4) is 0 Å². The van der Waals surface area contributed by atoms with Crippen LogP contribution in [0.5, 0.6) is 0 Å². The average molecular weight is 239 g/mol. The highest BCUT2D eigenvalue weighted by atomic mass is 16.1. The van der Waals surface area contributed by atoms with E-state index in [1.54, 1.807) is 6.92 Å². The van der Waals surface area contributed by atoms with Crippen LogP contribution in [-0.4, -0.2) is 10.8 Å². The molecule has 0 radical (unpaired) electrons. The second-order valence-corrected chi connectivity index (χ2v) is 4.69. The van der Waals surface area contributed by atoms with Crippen molar-refractivity contribution in [3.8, 4) is 11.1 Å². The number of benzene rings is 1. The molecule has 0 aliphatic heterocycles. The number of hydrogen-bond acceptors (Lipinski definition) is 2. The molecule has 1 aromatic heterocycles. The van der Waals surface area contributed by atoms with Crippen molar-refractivity contribution in [2.75, 3.05) is 0 Å². The van der Waals surface area contributed by atoms with Crippen LogP contribution in [0, 0.1) is 20.8 Å². The summed E-state index contributed by atoms with van der Waals surface area (Å²) in [6.07, 6.45) is 0. The first-order chi connectivity index (χ1) is 8.49. The molecule has 18 heavy (non-hydrogen) atoms. The first-order valence-electron chi connectivity index (χ1n) is 6.05. The number of hydrogen-bond donors (Lipinski definition) is 0. The van der Waals surface area contributed by atoms with Crippen molar-refractivity contribution in [3.05, 3.63) is 52.8 Å². The van der Waals surface area contributed by atoms with Crippen LogP contribution >= 0.6 is 0 Å². The standard InChI is InChI=1S/C16H17NO/c1-10-5-7-14(8-6-10)15-9-11(2)17-12(3)16(15)13(4)18/h5-9H,1-4H3. The molecule has 2 aromatic rings. The summed E-state index contributed by atoms with van der Waals surface area (Å²) in [7, 11) is 0. The predicted molar refractivity (Wildman–Crippen MR) is 73.9 cm³/mol. The molecule has 92 valence electrons. The van der Waals surface area contributed by atoms with Gasteiger partial charge in [-0.25, -0.2) is 0 Å². The van der Waals surface area contributed by atoms with Gasteiger partial charge in [0.15, 0.2) is 5.78 Å². The van der Waals surface area contributed by atoms with Gasteiger partial charge in [-0.15, -0.1) is 0 Å². The van der Waals surface area contributed by atoms with Gasteiger partial charge in [0.2, 0.25) is 0 Å². The third kappa shape index (κ3) is 2.33. The molecule has 0 aliphatic carbocycles. The summed E-state index contributed by atoms with van der Waals surface area (Å²) >= 11 is 0. The lowest BCUT2D eigenvalue weighted by Crippen LogP contribution is -2.03. The smallest absolute Gasteiger partial charge is 0.162 e. The molecule has 1 aromatic carbocycles. The highest BCUT2D eigenvalue weighted by Crippen LogP contribution is 2.27. The zero-order chi connectivity index (χ0) is 13.3. The van der Waals surface area contributed by atoms with E-state index in [1.807, 2.05) is 19.9 Å². The highest BCUT2D eigenvalue weighted by molar-refractivity contribution is 6.01. The van der Waals surface area contributed by atoms with Crippen LogP contribution in [0.25, 0.3) is 11.1 Å². The lowest BCUT2D eigenvalue weighted by Gasteiger charge is -2.11. The Hall–Kier alpha value is -1.96. The Kier molecular flexibility index (Phi) is 3.28. The fourth-order valence-corrected chi connectivity index (χ4v) is 2.23. The second-order valence-electron chi connectivity index (χ2n) is 4.69. The number of carbonyl (C=O) groups is 1. The number of nitrogens with zero attached hydrogens (tertiary/aromatic N) is 1. The van der Waals surface area contributed by atoms with E-state index in [9.17, 15) is 4.79 Å². The van der Waals surface area contributed by atoms with Crippen molar-refractivity contribution in [1.82, 2.24) is 4.98 Å². The summed E-state index contributed by atoms with van der Waals surface area (Å²) in [4.78, 5) is 16.2. The molecule has 0 N–H and O–H groups in total. The molecule has 0 aliphatic rings. The van der Waals surface area contributed by atoms with Gasteiger partial charge in [0, 0.05) is 17.0 Å². The van der Waals surface area contributed by atoms with Crippen LogP contribution in [0.1, 0.15) is 34.2 Å². The van der Waals surface area contributed by atoms with E-state index in [-0.39, 0.29) is 5.78 Å². The Morgan fingerprint density at radius 3 is 2.22 bits per heavy atom. The summed E-state index contributed by atoms with van der Waals surface area (Å²) in [5.74, 6) is 0.0653. The maximum absolute atomic E-state index is 11.8. The summed E-state index contributed by atoms with van der Waals surface area (Å²) in [6, 6.07) is 10.2. The molecule has 0 saturated carbocycles. The van der Waals surface area contributed by atoms with Gasteiger partial charge >= 0.3 is 0 Å². The van der Waals surface area contributed by atoms with Gasteiger partial charge in [0.05, 0.1) is 0 Å². The van der Waals surface area contributed by atoms with Gasteiger partial charge in [0.1, 0.15) is 0 Å². The van der Waals surface area contributed by atoms with Crippen LogP contribution in [-0.2, 0) is 0 Å². The zero-order valence-corrected chi connectivity index (χ0v) is 11.2. The van der Waals surface area contributed by atoms with Crippen LogP contribution < -0.4 is 0 Å². The van der Waals surface area contributed by atoms with E-state index in [4.69, 9.17) is 0 Å². The molecule has 1 heterocycles. The fraction of sp³-hybridized carbons (Fsp3) is 0.250. The van der Waals surface area contributed by atoms with Crippen molar-refractivity contribution in [2.45, 2.75) is 27.7 Å². The number of rotatable bonds is 2. The Labute approximate surface area is 108 Å². The molecule has 0 amide bonds. The average Bonchev–Trinajstić information content (AvgIpc) is 2.28. The summed E-state index contributed by atoms with van der Waals surface area (Å²) in [5, 5.41) is 0. The number of pyridine rings is 1. The van der Waals surface area contributed by atoms with E-state index >= 15 is 0 Å². The fourth-order valence-electron chi connectivity index (χ4n) is 2.23. The Bertz CT molecular complexity index is 597. The lowest BCUT2D eigenvalue weighted by molar-refractivity contribution is 0.101. The number of Topliss-reactive ketones (excluding diaryl/α,β-unsaturated/α-hetero) is 1. The Morgan fingerprint density at radius 2 is 1.67 bits per heavy atom. The summed E-state index contributed by atoms with van der Waals surface area (Å²) < 4.78 is 0. The van der Waals surface area contributed by atoms with E-state index in [2.05, 4.69) is 36.2 Å². The Balaban J connectivity index is 2.69. The molecule has 2 nitrogen and oxygen atoms in total. The van der Waals surface area contributed by atoms with Crippen LogP contribution in [0.15, 0.2) is 30.3 Å². The van der Waals surface area contributed by atoms with Crippen LogP contribution in [0.4, 0.5) is 0 Å². The van der Waals surface area contributed by atoms with Gasteiger partial charge in [0.25, 0.3) is 0 Å². The maximum Gasteiger partial charge on any atom is 0.162 e. The number of carbonyl (C=O) groups excluding carboxylic acids is 1. The minimum Gasteiger partial charge on any atom is -0.294 e. The third-order valence-electron chi connectivity index (χ3n) is 3.04. The van der Waals surface area contributed by atoms with Crippen LogP contribution in [0.2, 0.25) is 0 Å². The predicted octanol–water partition coefficient (Wildman–Crippen LogP) is 3.88. The number of ketones is 1. The molecule has 0 bridgehead atoms. The Morgan fingerprint density at radius 1 is 1.06 bits per heavy atom. The largest absolute Gasteiger partial charge is 0.294 e. The summed E-state index contributed by atoms with van der Waals surface area (Å²) in [6.45, 7) is 7.49. The van der Waals surface area contributed by atoms with E-state index in [1.165, 1.54) is 5.56 Å². The first-order valence-corrected chi connectivity index (χ1v) is 6.05. The van der Waals surface area contributed by atoms with E-state index in [0.717, 1.165) is 28.1 Å². The van der Waals surface area contributed by atoms with Crippen molar-refractivity contribution >= 4 is 5.78 Å². The number of aryl methyl sites for hydroxylation is 3. The minimum absolute atomic E-state index is 0.0653. The van der Waals surface area contributed by atoms with Crippen molar-refractivity contribution in [1.29, 1.82) is 0 Å². The zero-order valence-electron chi connectivity index (χ0n) is 11.2. The third-order valence-corrected chi connectivity index (χ3v) is 3.04. The van der Waals surface area contributed by atoms with Crippen molar-refractivity contribution < 1.29 is 4.79 Å². The minimum atomic E-state index is 0.0653. The molecule has 2 heteroatoms. The molecule has 0 unspecified atom stereocenters. The van der Waals surface area contributed by atoms with Gasteiger partial charge in [-0.3, -0.25) is 9.78 Å². The van der Waals surface area contributed by atoms with Gasteiger partial charge in [-0.2, -0.15) is 0 Å². The topological polar surface area (TPSA) is 30.0 Å². The monoisotopic (exact) mass is 239 g/mol. The first kappa shape index (κ1) is 12.5. The molecule has 0 fully saturated rings. The van der Waals surface area contributed by atoms with Crippen molar-refractivity contribution in [2.24, 2.45) is 0 Å². The lowest BCUT2D eigenvalue weighted by atomic mass is 9.95. The maximum atomic E-state index is 11.8. The summed E-state index contributed by atoms with van der Waals surface area (Å²) in [5.41, 5.74) is 5.73. The molecule has 0 atom stereocenters. The van der Waals surface area contributed by atoms with Gasteiger partial charge in [-0.1, -0.05) is 29.8 Å². The molecular formula is C16H17NO. The van der Waals surface area contributed by atoms with E-state index < -0.39 is 0 Å². The van der Waals surface area contributed by atoms with Gasteiger partial charge in [-0.05, 0) is 44.9 Å².